The predicted molar refractivity (Wildman–Crippen MR) is 50.7 cm³/mol. The van der Waals surface area contributed by atoms with Crippen molar-refractivity contribution in [2.75, 3.05) is 13.7 Å². The van der Waals surface area contributed by atoms with E-state index in [1.54, 1.807) is 7.11 Å². The normalized spacial score (nSPS) is 10.1. The van der Waals surface area contributed by atoms with Crippen LogP contribution in [0.3, 0.4) is 0 Å². The molecule has 0 aliphatic carbocycles. The van der Waals surface area contributed by atoms with Crippen LogP contribution in [0.4, 0.5) is 0 Å². The number of hydrogen-bond donors (Lipinski definition) is 1. The molecule has 0 aliphatic heterocycles. The number of nitrogens with zero attached hydrogens (tertiary/aromatic N) is 2. The van der Waals surface area contributed by atoms with Crippen molar-refractivity contribution in [2.24, 2.45) is 5.73 Å². The van der Waals surface area contributed by atoms with Crippen molar-refractivity contribution in [1.29, 1.82) is 0 Å². The summed E-state index contributed by atoms with van der Waals surface area (Å²) >= 11 is 0. The molecule has 0 aromatic carbocycles. The topological polar surface area (TPSA) is 61.0 Å². The highest BCUT2D eigenvalue weighted by molar-refractivity contribution is 5.16. The SMILES string of the molecule is CCc1nc(CCN)cc(OC)n1. The second kappa shape index (κ2) is 4.77. The molecule has 1 rings (SSSR count). The zero-order valence-corrected chi connectivity index (χ0v) is 8.08. The van der Waals surface area contributed by atoms with Gasteiger partial charge >= 0.3 is 0 Å². The molecule has 4 nitrogen and oxygen atoms in total. The van der Waals surface area contributed by atoms with E-state index in [2.05, 4.69) is 9.97 Å². The van der Waals surface area contributed by atoms with Crippen LogP contribution < -0.4 is 10.5 Å². The fourth-order valence-electron chi connectivity index (χ4n) is 1.06. The van der Waals surface area contributed by atoms with E-state index in [0.29, 0.717) is 12.4 Å². The summed E-state index contributed by atoms with van der Waals surface area (Å²) < 4.78 is 5.05. The molecule has 1 aromatic heterocycles. The highest BCUT2D eigenvalue weighted by Gasteiger charge is 2.02. The number of aromatic nitrogens is 2. The molecule has 0 fully saturated rings. The predicted octanol–water partition coefficient (Wildman–Crippen LogP) is 0.549. The van der Waals surface area contributed by atoms with Gasteiger partial charge in [-0.15, -0.1) is 0 Å². The summed E-state index contributed by atoms with van der Waals surface area (Å²) in [5.74, 6) is 1.43. The number of hydrogen-bond acceptors (Lipinski definition) is 4. The molecule has 1 aromatic rings. The van der Waals surface area contributed by atoms with Crippen molar-refractivity contribution in [3.05, 3.63) is 17.6 Å². The molecule has 1 heterocycles. The Morgan fingerprint density at radius 2 is 2.23 bits per heavy atom. The summed E-state index contributed by atoms with van der Waals surface area (Å²) in [4.78, 5) is 8.50. The Hall–Kier alpha value is -1.16. The monoisotopic (exact) mass is 181 g/mol. The summed E-state index contributed by atoms with van der Waals surface area (Å²) in [5.41, 5.74) is 6.39. The Labute approximate surface area is 78.1 Å². The van der Waals surface area contributed by atoms with Gasteiger partial charge in [0.1, 0.15) is 5.82 Å². The molecule has 0 spiro atoms. The number of ether oxygens (including phenoxy) is 1. The summed E-state index contributed by atoms with van der Waals surface area (Å²) in [7, 11) is 1.61. The number of aryl methyl sites for hydroxylation is 1. The second-order valence-corrected chi connectivity index (χ2v) is 2.71. The third-order valence-electron chi connectivity index (χ3n) is 1.73. The first kappa shape index (κ1) is 9.92. The van der Waals surface area contributed by atoms with Gasteiger partial charge in [-0.1, -0.05) is 6.92 Å². The smallest absolute Gasteiger partial charge is 0.216 e. The van der Waals surface area contributed by atoms with Crippen LogP contribution in [0.25, 0.3) is 0 Å². The maximum atomic E-state index is 5.44. The summed E-state index contributed by atoms with van der Waals surface area (Å²) in [6.45, 7) is 2.62. The van der Waals surface area contributed by atoms with Crippen LogP contribution in [0.1, 0.15) is 18.4 Å². The third kappa shape index (κ3) is 2.66. The molecule has 0 aliphatic rings. The van der Waals surface area contributed by atoms with Crippen molar-refractivity contribution >= 4 is 0 Å². The quantitative estimate of drug-likeness (QED) is 0.736. The average Bonchev–Trinajstić information content (AvgIpc) is 2.17. The van der Waals surface area contributed by atoms with Crippen molar-refractivity contribution in [1.82, 2.24) is 9.97 Å². The van der Waals surface area contributed by atoms with Crippen LogP contribution in [-0.2, 0) is 12.8 Å². The fourth-order valence-corrected chi connectivity index (χ4v) is 1.06. The lowest BCUT2D eigenvalue weighted by Crippen LogP contribution is -2.07. The van der Waals surface area contributed by atoms with E-state index in [1.165, 1.54) is 0 Å². The number of methoxy groups -OCH3 is 1. The average molecular weight is 181 g/mol. The van der Waals surface area contributed by atoms with Crippen molar-refractivity contribution in [3.63, 3.8) is 0 Å². The molecule has 72 valence electrons. The van der Waals surface area contributed by atoms with Crippen LogP contribution >= 0.6 is 0 Å². The first-order chi connectivity index (χ1) is 6.30. The molecule has 0 bridgehead atoms. The third-order valence-corrected chi connectivity index (χ3v) is 1.73. The Kier molecular flexibility index (Phi) is 3.64. The molecule has 0 unspecified atom stereocenters. The highest BCUT2D eigenvalue weighted by Crippen LogP contribution is 2.09. The van der Waals surface area contributed by atoms with Gasteiger partial charge in [0, 0.05) is 24.6 Å². The van der Waals surface area contributed by atoms with Gasteiger partial charge < -0.3 is 10.5 Å². The maximum absolute atomic E-state index is 5.44. The maximum Gasteiger partial charge on any atom is 0.216 e. The van der Waals surface area contributed by atoms with E-state index in [0.717, 1.165) is 24.4 Å². The minimum absolute atomic E-state index is 0.601. The van der Waals surface area contributed by atoms with E-state index in [1.807, 2.05) is 13.0 Å². The van der Waals surface area contributed by atoms with E-state index in [-0.39, 0.29) is 0 Å². The summed E-state index contributed by atoms with van der Waals surface area (Å²) in [6.07, 6.45) is 1.58. The van der Waals surface area contributed by atoms with Crippen LogP contribution in [0.2, 0.25) is 0 Å². The number of nitrogens with two attached hydrogens (primary N) is 1. The first-order valence-corrected chi connectivity index (χ1v) is 4.41. The molecule has 0 atom stereocenters. The Balaban J connectivity index is 2.93. The summed E-state index contributed by atoms with van der Waals surface area (Å²) in [6, 6.07) is 1.83. The minimum atomic E-state index is 0.601. The Bertz CT molecular complexity index is 253. The Morgan fingerprint density at radius 3 is 2.77 bits per heavy atom. The van der Waals surface area contributed by atoms with E-state index in [4.69, 9.17) is 10.5 Å². The van der Waals surface area contributed by atoms with Crippen LogP contribution in [-0.4, -0.2) is 23.6 Å². The lowest BCUT2D eigenvalue weighted by Gasteiger charge is -2.04. The van der Waals surface area contributed by atoms with Gasteiger partial charge in [-0.05, 0) is 6.54 Å². The van der Waals surface area contributed by atoms with E-state index < -0.39 is 0 Å². The fraction of sp³-hybridized carbons (Fsp3) is 0.556. The molecule has 0 radical (unpaired) electrons. The Morgan fingerprint density at radius 1 is 1.46 bits per heavy atom. The molecule has 4 heteroatoms. The lowest BCUT2D eigenvalue weighted by atomic mass is 10.3. The zero-order chi connectivity index (χ0) is 9.68. The van der Waals surface area contributed by atoms with Gasteiger partial charge in [-0.3, -0.25) is 0 Å². The van der Waals surface area contributed by atoms with Crippen LogP contribution in [0.5, 0.6) is 5.88 Å². The van der Waals surface area contributed by atoms with Gasteiger partial charge in [0.05, 0.1) is 7.11 Å². The molecule has 0 amide bonds. The second-order valence-electron chi connectivity index (χ2n) is 2.71. The molecule has 0 saturated carbocycles. The van der Waals surface area contributed by atoms with Gasteiger partial charge in [-0.25, -0.2) is 4.98 Å². The molecular formula is C9H15N3O. The minimum Gasteiger partial charge on any atom is -0.481 e. The van der Waals surface area contributed by atoms with Crippen molar-refractivity contribution in [2.45, 2.75) is 19.8 Å². The molecule has 2 N–H and O–H groups in total. The van der Waals surface area contributed by atoms with E-state index >= 15 is 0 Å². The lowest BCUT2D eigenvalue weighted by molar-refractivity contribution is 0.394. The standard InChI is InChI=1S/C9H15N3O/c1-3-8-11-7(4-5-10)6-9(12-8)13-2/h6H,3-5,10H2,1-2H3. The van der Waals surface area contributed by atoms with Crippen LogP contribution in [0, 0.1) is 0 Å². The highest BCUT2D eigenvalue weighted by atomic mass is 16.5. The van der Waals surface area contributed by atoms with Gasteiger partial charge in [0.2, 0.25) is 5.88 Å². The number of rotatable bonds is 4. The zero-order valence-electron chi connectivity index (χ0n) is 8.08. The molecule has 13 heavy (non-hydrogen) atoms. The van der Waals surface area contributed by atoms with Gasteiger partial charge in [0.25, 0.3) is 0 Å². The van der Waals surface area contributed by atoms with Crippen molar-refractivity contribution in [3.8, 4) is 5.88 Å². The molecule has 0 saturated heterocycles. The first-order valence-electron chi connectivity index (χ1n) is 4.41. The van der Waals surface area contributed by atoms with Crippen LogP contribution in [0.15, 0.2) is 6.07 Å². The van der Waals surface area contributed by atoms with E-state index in [9.17, 15) is 0 Å². The largest absolute Gasteiger partial charge is 0.481 e. The van der Waals surface area contributed by atoms with Crippen molar-refractivity contribution < 1.29 is 4.74 Å². The van der Waals surface area contributed by atoms with Gasteiger partial charge in [0.15, 0.2) is 0 Å². The summed E-state index contributed by atoms with van der Waals surface area (Å²) in [5, 5.41) is 0. The van der Waals surface area contributed by atoms with Gasteiger partial charge in [-0.2, -0.15) is 4.98 Å². The molecular weight excluding hydrogens is 166 g/mol.